The summed E-state index contributed by atoms with van der Waals surface area (Å²) in [4.78, 5) is 0. The molecule has 0 radical (unpaired) electrons. The van der Waals surface area contributed by atoms with Crippen molar-refractivity contribution in [2.24, 2.45) is 0 Å². The average molecular weight is 320 g/mol. The second-order valence-corrected chi connectivity index (χ2v) is 14.9. The summed E-state index contributed by atoms with van der Waals surface area (Å²) in [5.41, 5.74) is 0. The van der Waals surface area contributed by atoms with E-state index in [-0.39, 0.29) is 0 Å². The third kappa shape index (κ3) is 4.23. The normalized spacial score (nSPS) is 24.6. The molecule has 0 bridgehead atoms. The van der Waals surface area contributed by atoms with Gasteiger partial charge in [0.2, 0.25) is 0 Å². The Balaban J connectivity index is 2.45. The van der Waals surface area contributed by atoms with Gasteiger partial charge in [-0.3, -0.25) is 0 Å². The fraction of sp³-hybridized carbons (Fsp3) is 1.00. The topological polar surface area (TPSA) is 21.3 Å². The number of hydrogen-bond acceptors (Lipinski definition) is 2. The zero-order valence-corrected chi connectivity index (χ0v) is 13.5. The third-order valence-corrected chi connectivity index (χ3v) is 14.7. The molecule has 1 fully saturated rings. The van der Waals surface area contributed by atoms with Gasteiger partial charge in [-0.25, -0.2) is 0 Å². The molecule has 1 aliphatic rings. The molecule has 0 amide bonds. The first-order valence-electron chi connectivity index (χ1n) is 6.68. The maximum absolute atomic E-state index is 6.25. The molecule has 1 aliphatic heterocycles. The van der Waals surface area contributed by atoms with Crippen molar-refractivity contribution in [2.75, 3.05) is 6.61 Å². The van der Waals surface area contributed by atoms with Crippen LogP contribution in [0.3, 0.4) is 0 Å². The van der Waals surface area contributed by atoms with Gasteiger partial charge < -0.3 is 0 Å². The summed E-state index contributed by atoms with van der Waals surface area (Å²) in [6, 6.07) is 0.675. The number of unbranched alkanes of at least 4 members (excludes halogenated alkanes) is 2. The number of nitrogens with one attached hydrogen (secondary N) is 1. The predicted octanol–water partition coefficient (Wildman–Crippen LogP) is 3.43. The van der Waals surface area contributed by atoms with Gasteiger partial charge in [0.15, 0.2) is 0 Å². The van der Waals surface area contributed by atoms with Gasteiger partial charge >= 0.3 is 100 Å². The Morgan fingerprint density at radius 3 is 2.13 bits per heavy atom. The molecule has 90 valence electrons. The summed E-state index contributed by atoms with van der Waals surface area (Å²) < 4.78 is 12.9. The molecule has 0 aliphatic carbocycles. The van der Waals surface area contributed by atoms with Crippen LogP contribution in [0.4, 0.5) is 0 Å². The van der Waals surface area contributed by atoms with Crippen molar-refractivity contribution < 1.29 is 3.07 Å². The quantitative estimate of drug-likeness (QED) is 0.726. The molecule has 1 saturated heterocycles. The van der Waals surface area contributed by atoms with Crippen LogP contribution in [0.1, 0.15) is 52.9 Å². The molecule has 3 heteroatoms. The summed E-state index contributed by atoms with van der Waals surface area (Å²) >= 11 is -2.29. The van der Waals surface area contributed by atoms with Crippen LogP contribution in [-0.4, -0.2) is 31.7 Å². The Morgan fingerprint density at radius 1 is 1.13 bits per heavy atom. The van der Waals surface area contributed by atoms with Gasteiger partial charge in [0.1, 0.15) is 0 Å². The zero-order valence-electron chi connectivity index (χ0n) is 10.6. The summed E-state index contributed by atoms with van der Waals surface area (Å²) in [6.07, 6.45) is 6.59. The van der Waals surface area contributed by atoms with E-state index in [1.54, 1.807) is 0 Å². The molecule has 2 nitrogen and oxygen atoms in total. The van der Waals surface area contributed by atoms with Crippen molar-refractivity contribution in [1.82, 2.24) is 3.54 Å². The average Bonchev–Trinajstić information content (AvgIpc) is 2.68. The molecule has 1 N–H and O–H groups in total. The summed E-state index contributed by atoms with van der Waals surface area (Å²) in [5.74, 6) is 0. The Hall–Kier alpha value is 0.719. The Bertz CT molecular complexity index is 167. The minimum absolute atomic E-state index is 0.675. The Morgan fingerprint density at radius 2 is 1.73 bits per heavy atom. The fourth-order valence-electron chi connectivity index (χ4n) is 2.27. The van der Waals surface area contributed by atoms with E-state index in [1.807, 2.05) is 0 Å². The van der Waals surface area contributed by atoms with Gasteiger partial charge in [-0.2, -0.15) is 0 Å². The first kappa shape index (κ1) is 13.8. The van der Waals surface area contributed by atoms with Crippen LogP contribution >= 0.6 is 0 Å². The van der Waals surface area contributed by atoms with Crippen molar-refractivity contribution in [3.05, 3.63) is 0 Å². The van der Waals surface area contributed by atoms with Crippen LogP contribution in [0.25, 0.3) is 0 Å². The van der Waals surface area contributed by atoms with E-state index in [1.165, 1.54) is 41.0 Å². The molecule has 0 aromatic rings. The molecule has 0 aromatic heterocycles. The molecule has 15 heavy (non-hydrogen) atoms. The predicted molar refractivity (Wildman–Crippen MR) is 68.4 cm³/mol. The van der Waals surface area contributed by atoms with Crippen LogP contribution < -0.4 is 3.54 Å². The molecular weight excluding hydrogens is 293 g/mol. The molecule has 1 atom stereocenters. The van der Waals surface area contributed by atoms with Crippen LogP contribution in [0.15, 0.2) is 0 Å². The second-order valence-electron chi connectivity index (χ2n) is 4.76. The molecule has 1 rings (SSSR count). The van der Waals surface area contributed by atoms with Gasteiger partial charge in [-0.05, 0) is 0 Å². The van der Waals surface area contributed by atoms with E-state index < -0.39 is 19.1 Å². The van der Waals surface area contributed by atoms with Crippen LogP contribution in [0.5, 0.6) is 0 Å². The monoisotopic (exact) mass is 321 g/mol. The molecule has 0 spiro atoms. The second kappa shape index (κ2) is 7.12. The summed E-state index contributed by atoms with van der Waals surface area (Å²) in [5, 5.41) is 0. The number of rotatable bonds is 7. The SMILES string of the molecule is CCC[CH2][Sn]1([CH2]CCC)[NH]C(CC)C[O]1. The van der Waals surface area contributed by atoms with Crippen LogP contribution in [0.2, 0.25) is 8.87 Å². The van der Waals surface area contributed by atoms with Crippen LogP contribution in [0, 0.1) is 0 Å². The van der Waals surface area contributed by atoms with Crippen molar-refractivity contribution in [1.29, 1.82) is 0 Å². The summed E-state index contributed by atoms with van der Waals surface area (Å²) in [7, 11) is 0. The Labute approximate surface area is 99.9 Å². The van der Waals surface area contributed by atoms with E-state index in [9.17, 15) is 0 Å². The minimum atomic E-state index is -2.29. The fourth-order valence-corrected chi connectivity index (χ4v) is 14.6. The standard InChI is InChI=1S/C4H9NO.2C4H9.Sn/c1-2-4(5)3-6;2*1-3-4-2;/h4-5H,2-3H2,1H3;2*1,3-4H2,2H3;/q-2;;;+2. The Kier molecular flexibility index (Phi) is 6.55. The van der Waals surface area contributed by atoms with Crippen molar-refractivity contribution in [3.63, 3.8) is 0 Å². The van der Waals surface area contributed by atoms with Gasteiger partial charge in [0.25, 0.3) is 0 Å². The van der Waals surface area contributed by atoms with E-state index in [0.717, 1.165) is 6.61 Å². The van der Waals surface area contributed by atoms with Gasteiger partial charge in [0.05, 0.1) is 0 Å². The van der Waals surface area contributed by atoms with E-state index in [0.29, 0.717) is 6.04 Å². The molecule has 0 aromatic carbocycles. The molecular formula is C12H27NOSn. The van der Waals surface area contributed by atoms with Gasteiger partial charge in [-0.15, -0.1) is 0 Å². The van der Waals surface area contributed by atoms with E-state index >= 15 is 0 Å². The molecule has 0 saturated carbocycles. The van der Waals surface area contributed by atoms with Crippen molar-refractivity contribution in [3.8, 4) is 0 Å². The first-order valence-corrected chi connectivity index (χ1v) is 13.3. The van der Waals surface area contributed by atoms with Crippen LogP contribution in [-0.2, 0) is 3.07 Å². The van der Waals surface area contributed by atoms with Gasteiger partial charge in [-0.1, -0.05) is 0 Å². The molecule has 1 heterocycles. The zero-order chi connectivity index (χ0) is 11.1. The third-order valence-electron chi connectivity index (χ3n) is 3.39. The van der Waals surface area contributed by atoms with E-state index in [4.69, 9.17) is 3.07 Å². The maximum atomic E-state index is 6.25. The number of hydrogen-bond donors (Lipinski definition) is 1. The van der Waals surface area contributed by atoms with Crippen molar-refractivity contribution in [2.45, 2.75) is 67.8 Å². The molecule has 1 unspecified atom stereocenters. The van der Waals surface area contributed by atoms with Gasteiger partial charge in [0, 0.05) is 0 Å². The van der Waals surface area contributed by atoms with E-state index in [2.05, 4.69) is 24.3 Å². The first-order chi connectivity index (χ1) is 7.26. The van der Waals surface area contributed by atoms with Crippen molar-refractivity contribution >= 4 is 19.1 Å². The summed E-state index contributed by atoms with van der Waals surface area (Å²) in [6.45, 7) is 7.83.